The standard InChI is InChI=1S/C29H31N3O4/c1-18-11-13-31(14-12-18)27(34)21-6-3-7-22(16-21)30-26(33)20-5-4-8-23(17-20)32-28(35)24-10-9-19(2)15-25(24)29(32)36/h3-9,16-18,24-25H,10-15H2,1-2H3,(H,30,33)/t24-,25-/m0/s1. The minimum Gasteiger partial charge on any atom is -0.339 e. The molecule has 2 heterocycles. The number of anilines is 2. The predicted molar refractivity (Wildman–Crippen MR) is 138 cm³/mol. The summed E-state index contributed by atoms with van der Waals surface area (Å²) in [4.78, 5) is 55.2. The number of allylic oxidation sites excluding steroid dienone is 2. The summed E-state index contributed by atoms with van der Waals surface area (Å²) < 4.78 is 0. The summed E-state index contributed by atoms with van der Waals surface area (Å²) >= 11 is 0. The Hall–Kier alpha value is -3.74. The quantitative estimate of drug-likeness (QED) is 0.504. The van der Waals surface area contributed by atoms with E-state index in [0.717, 1.165) is 31.5 Å². The molecular formula is C29H31N3O4. The fourth-order valence-electron chi connectivity index (χ4n) is 5.41. The molecule has 3 aliphatic rings. The second-order valence-electron chi connectivity index (χ2n) is 10.3. The van der Waals surface area contributed by atoms with Gasteiger partial charge in [0.05, 0.1) is 17.5 Å². The highest BCUT2D eigenvalue weighted by Gasteiger charge is 2.48. The molecule has 2 aromatic carbocycles. The van der Waals surface area contributed by atoms with E-state index in [-0.39, 0.29) is 35.5 Å². The van der Waals surface area contributed by atoms with Crippen LogP contribution in [-0.4, -0.2) is 41.6 Å². The lowest BCUT2D eigenvalue weighted by atomic mass is 9.82. The third-order valence-corrected chi connectivity index (χ3v) is 7.63. The largest absolute Gasteiger partial charge is 0.339 e. The summed E-state index contributed by atoms with van der Waals surface area (Å²) in [6.07, 6.45) is 5.20. The third-order valence-electron chi connectivity index (χ3n) is 7.63. The first-order valence-corrected chi connectivity index (χ1v) is 12.7. The van der Waals surface area contributed by atoms with Crippen LogP contribution in [0, 0.1) is 17.8 Å². The Kier molecular flexibility index (Phi) is 6.48. The predicted octanol–water partition coefficient (Wildman–Crippen LogP) is 4.66. The molecule has 2 aromatic rings. The summed E-state index contributed by atoms with van der Waals surface area (Å²) in [5, 5.41) is 2.85. The van der Waals surface area contributed by atoms with Crippen LogP contribution in [0.1, 0.15) is 60.2 Å². The lowest BCUT2D eigenvalue weighted by Gasteiger charge is -2.30. The number of imide groups is 1. The van der Waals surface area contributed by atoms with Crippen molar-refractivity contribution in [2.45, 2.75) is 39.5 Å². The smallest absolute Gasteiger partial charge is 0.255 e. The Morgan fingerprint density at radius 3 is 2.39 bits per heavy atom. The Morgan fingerprint density at radius 2 is 1.61 bits per heavy atom. The molecule has 0 saturated carbocycles. The molecule has 4 amide bonds. The van der Waals surface area contributed by atoms with Crippen LogP contribution in [0.2, 0.25) is 0 Å². The molecule has 1 N–H and O–H groups in total. The van der Waals surface area contributed by atoms with Gasteiger partial charge in [-0.05, 0) is 74.9 Å². The van der Waals surface area contributed by atoms with Gasteiger partial charge in [-0.1, -0.05) is 30.7 Å². The number of nitrogens with zero attached hydrogens (tertiary/aromatic N) is 2. The van der Waals surface area contributed by atoms with E-state index in [1.165, 1.54) is 4.90 Å². The summed E-state index contributed by atoms with van der Waals surface area (Å²) in [5.74, 6) is -0.839. The molecule has 0 spiro atoms. The number of likely N-dealkylation sites (tertiary alicyclic amines) is 1. The SMILES string of the molecule is CC1=CC[C@@H]2C(=O)N(c3cccc(C(=O)Nc4cccc(C(=O)N5CCC(C)CC5)c4)c3)C(=O)[C@H]2C1. The van der Waals surface area contributed by atoms with Crippen molar-refractivity contribution in [3.8, 4) is 0 Å². The van der Waals surface area contributed by atoms with Crippen molar-refractivity contribution >= 4 is 35.0 Å². The highest BCUT2D eigenvalue weighted by molar-refractivity contribution is 6.22. The van der Waals surface area contributed by atoms with E-state index >= 15 is 0 Å². The lowest BCUT2D eigenvalue weighted by Crippen LogP contribution is -2.37. The summed E-state index contributed by atoms with van der Waals surface area (Å²) in [7, 11) is 0. The van der Waals surface area contributed by atoms with Gasteiger partial charge < -0.3 is 10.2 Å². The molecule has 0 aromatic heterocycles. The van der Waals surface area contributed by atoms with E-state index in [9.17, 15) is 19.2 Å². The second kappa shape index (κ2) is 9.72. The van der Waals surface area contributed by atoms with Crippen LogP contribution >= 0.6 is 0 Å². The van der Waals surface area contributed by atoms with Gasteiger partial charge in [-0.2, -0.15) is 0 Å². The number of amides is 4. The first-order chi connectivity index (χ1) is 17.3. The zero-order valence-electron chi connectivity index (χ0n) is 20.7. The van der Waals surface area contributed by atoms with Gasteiger partial charge in [-0.15, -0.1) is 0 Å². The van der Waals surface area contributed by atoms with Crippen LogP contribution in [0.5, 0.6) is 0 Å². The molecule has 7 heteroatoms. The average molecular weight is 486 g/mol. The number of piperidine rings is 1. The van der Waals surface area contributed by atoms with Crippen LogP contribution in [-0.2, 0) is 9.59 Å². The van der Waals surface area contributed by atoms with E-state index in [1.54, 1.807) is 48.5 Å². The van der Waals surface area contributed by atoms with Crippen LogP contribution in [0.3, 0.4) is 0 Å². The Morgan fingerprint density at radius 1 is 0.917 bits per heavy atom. The number of benzene rings is 2. The zero-order chi connectivity index (χ0) is 25.4. The molecular weight excluding hydrogens is 454 g/mol. The fourth-order valence-corrected chi connectivity index (χ4v) is 5.41. The van der Waals surface area contributed by atoms with Gasteiger partial charge >= 0.3 is 0 Å². The van der Waals surface area contributed by atoms with E-state index in [0.29, 0.717) is 41.3 Å². The highest BCUT2D eigenvalue weighted by Crippen LogP contribution is 2.39. The van der Waals surface area contributed by atoms with Gasteiger partial charge in [0, 0.05) is 29.9 Å². The van der Waals surface area contributed by atoms with Gasteiger partial charge in [0.2, 0.25) is 11.8 Å². The Labute approximate surface area is 211 Å². The molecule has 186 valence electrons. The molecule has 2 saturated heterocycles. The molecule has 7 nitrogen and oxygen atoms in total. The van der Waals surface area contributed by atoms with Crippen LogP contribution < -0.4 is 10.2 Å². The minimum atomic E-state index is -0.373. The second-order valence-corrected chi connectivity index (χ2v) is 10.3. The summed E-state index contributed by atoms with van der Waals surface area (Å²) in [5.41, 5.74) is 2.92. The molecule has 1 aliphatic carbocycles. The number of hydrogen-bond donors (Lipinski definition) is 1. The Bertz CT molecular complexity index is 1260. The molecule has 5 rings (SSSR count). The molecule has 2 atom stereocenters. The number of carbonyl (C=O) groups is 4. The first kappa shape index (κ1) is 24.0. The fraction of sp³-hybridized carbons (Fsp3) is 0.379. The van der Waals surface area contributed by atoms with E-state index < -0.39 is 0 Å². The van der Waals surface area contributed by atoms with Crippen molar-refractivity contribution < 1.29 is 19.2 Å². The van der Waals surface area contributed by atoms with Gasteiger partial charge in [0.15, 0.2) is 0 Å². The lowest BCUT2D eigenvalue weighted by molar-refractivity contribution is -0.122. The van der Waals surface area contributed by atoms with Gasteiger partial charge in [-0.25, -0.2) is 0 Å². The molecule has 0 bridgehead atoms. The third kappa shape index (κ3) is 4.57. The van der Waals surface area contributed by atoms with Gasteiger partial charge in [0.25, 0.3) is 11.8 Å². The molecule has 2 fully saturated rings. The van der Waals surface area contributed by atoms with Crippen LogP contribution in [0.15, 0.2) is 60.2 Å². The van der Waals surface area contributed by atoms with Crippen molar-refractivity contribution in [2.24, 2.45) is 17.8 Å². The molecule has 0 unspecified atom stereocenters. The number of rotatable bonds is 4. The topological polar surface area (TPSA) is 86.8 Å². The molecule has 2 aliphatic heterocycles. The number of nitrogens with one attached hydrogen (secondary N) is 1. The van der Waals surface area contributed by atoms with Crippen LogP contribution in [0.25, 0.3) is 0 Å². The Balaban J connectivity index is 1.30. The van der Waals surface area contributed by atoms with Crippen molar-refractivity contribution in [1.82, 2.24) is 4.90 Å². The minimum absolute atomic E-state index is 0.0303. The number of carbonyl (C=O) groups excluding carboxylic acids is 4. The van der Waals surface area contributed by atoms with E-state index in [4.69, 9.17) is 0 Å². The maximum absolute atomic E-state index is 13.1. The van der Waals surface area contributed by atoms with Gasteiger partial charge in [0.1, 0.15) is 0 Å². The molecule has 0 radical (unpaired) electrons. The summed E-state index contributed by atoms with van der Waals surface area (Å²) in [6, 6.07) is 13.5. The van der Waals surface area contributed by atoms with Gasteiger partial charge in [-0.3, -0.25) is 24.1 Å². The average Bonchev–Trinajstić information content (AvgIpc) is 3.13. The highest BCUT2D eigenvalue weighted by atomic mass is 16.2. The van der Waals surface area contributed by atoms with Crippen molar-refractivity contribution in [2.75, 3.05) is 23.3 Å². The number of hydrogen-bond acceptors (Lipinski definition) is 4. The zero-order valence-corrected chi connectivity index (χ0v) is 20.7. The van der Waals surface area contributed by atoms with E-state index in [1.807, 2.05) is 17.9 Å². The maximum Gasteiger partial charge on any atom is 0.255 e. The summed E-state index contributed by atoms with van der Waals surface area (Å²) in [6.45, 7) is 5.67. The molecule has 36 heavy (non-hydrogen) atoms. The normalized spacial score (nSPS) is 22.3. The van der Waals surface area contributed by atoms with Crippen molar-refractivity contribution in [3.63, 3.8) is 0 Å². The maximum atomic E-state index is 13.1. The number of fused-ring (bicyclic) bond motifs is 1. The van der Waals surface area contributed by atoms with E-state index in [2.05, 4.69) is 12.2 Å². The van der Waals surface area contributed by atoms with Crippen molar-refractivity contribution in [1.29, 1.82) is 0 Å². The van der Waals surface area contributed by atoms with Crippen molar-refractivity contribution in [3.05, 3.63) is 71.3 Å². The monoisotopic (exact) mass is 485 g/mol. The van der Waals surface area contributed by atoms with Crippen LogP contribution in [0.4, 0.5) is 11.4 Å². The first-order valence-electron chi connectivity index (χ1n) is 12.7.